The first kappa shape index (κ1) is 25.3. The van der Waals surface area contributed by atoms with E-state index in [1.54, 1.807) is 0 Å². The molecule has 1 saturated heterocycles. The molecule has 1 amide bonds. The minimum absolute atomic E-state index is 0.0278. The zero-order valence-electron chi connectivity index (χ0n) is 20.9. The van der Waals surface area contributed by atoms with E-state index >= 15 is 0 Å². The lowest BCUT2D eigenvalue weighted by atomic mass is 9.97. The summed E-state index contributed by atoms with van der Waals surface area (Å²) in [6.07, 6.45) is 1.33. The number of hydrogen-bond acceptors (Lipinski definition) is 7. The number of carbonyl (C=O) groups is 1. The molecule has 0 saturated carbocycles. The third kappa shape index (κ3) is 6.25. The van der Waals surface area contributed by atoms with Crippen molar-refractivity contribution >= 4 is 17.5 Å². The Labute approximate surface area is 208 Å². The zero-order chi connectivity index (χ0) is 24.6. The van der Waals surface area contributed by atoms with Crippen LogP contribution in [-0.2, 0) is 9.47 Å². The number of carbonyl (C=O) groups excluding carboxylic acids is 1. The number of amides is 1. The van der Waals surface area contributed by atoms with Crippen molar-refractivity contribution in [2.75, 3.05) is 62.8 Å². The molecule has 0 bridgehead atoms. The van der Waals surface area contributed by atoms with Crippen molar-refractivity contribution in [2.24, 2.45) is 5.73 Å². The zero-order valence-corrected chi connectivity index (χ0v) is 20.9. The van der Waals surface area contributed by atoms with Crippen molar-refractivity contribution < 1.29 is 19.0 Å². The molecule has 0 radical (unpaired) electrons. The third-order valence-electron chi connectivity index (χ3n) is 6.59. The van der Waals surface area contributed by atoms with Crippen LogP contribution in [0.15, 0.2) is 42.5 Å². The number of morpholine rings is 1. The highest BCUT2D eigenvalue weighted by Crippen LogP contribution is 2.47. The largest absolute Gasteiger partial charge is 0.493 e. The van der Waals surface area contributed by atoms with E-state index in [4.69, 9.17) is 19.9 Å². The second kappa shape index (κ2) is 12.2. The van der Waals surface area contributed by atoms with Gasteiger partial charge in [0.05, 0.1) is 38.5 Å². The van der Waals surface area contributed by atoms with Gasteiger partial charge in [-0.1, -0.05) is 25.1 Å². The molecule has 2 unspecified atom stereocenters. The van der Waals surface area contributed by atoms with Crippen LogP contribution in [0.5, 0.6) is 5.75 Å². The quantitative estimate of drug-likeness (QED) is 0.487. The minimum atomic E-state index is -0.439. The van der Waals surface area contributed by atoms with Crippen molar-refractivity contribution in [3.63, 3.8) is 0 Å². The molecule has 2 heterocycles. The Morgan fingerprint density at radius 2 is 1.97 bits per heavy atom. The summed E-state index contributed by atoms with van der Waals surface area (Å²) in [6.45, 7) is 10.7. The SMILES string of the molecule is CCCOC(=O)Nc1cccc(C2C(N)c3ccc(OCCCN4CCOCC4)cc3N2CC)c1. The van der Waals surface area contributed by atoms with E-state index < -0.39 is 6.09 Å². The number of nitrogens with zero attached hydrogens (tertiary/aromatic N) is 2. The van der Waals surface area contributed by atoms with Crippen molar-refractivity contribution in [1.82, 2.24) is 4.90 Å². The first-order valence-electron chi connectivity index (χ1n) is 12.7. The maximum atomic E-state index is 12.0. The van der Waals surface area contributed by atoms with Crippen LogP contribution in [0.25, 0.3) is 0 Å². The predicted octanol–water partition coefficient (Wildman–Crippen LogP) is 4.33. The predicted molar refractivity (Wildman–Crippen MR) is 138 cm³/mol. The Morgan fingerprint density at radius 3 is 2.74 bits per heavy atom. The molecule has 0 aromatic heterocycles. The molecule has 8 heteroatoms. The molecular formula is C27H38N4O4. The van der Waals surface area contributed by atoms with Gasteiger partial charge >= 0.3 is 6.09 Å². The first-order valence-corrected chi connectivity index (χ1v) is 12.7. The van der Waals surface area contributed by atoms with Gasteiger partial charge in [0.15, 0.2) is 0 Å². The highest BCUT2D eigenvalue weighted by Gasteiger charge is 2.37. The molecular weight excluding hydrogens is 444 g/mol. The van der Waals surface area contributed by atoms with Crippen LogP contribution in [0, 0.1) is 0 Å². The topological polar surface area (TPSA) is 89.3 Å². The number of rotatable bonds is 10. The van der Waals surface area contributed by atoms with Gasteiger partial charge in [0.1, 0.15) is 5.75 Å². The number of anilines is 2. The molecule has 2 aliphatic heterocycles. The van der Waals surface area contributed by atoms with E-state index in [9.17, 15) is 4.79 Å². The minimum Gasteiger partial charge on any atom is -0.493 e. The fraction of sp³-hybridized carbons (Fsp3) is 0.519. The van der Waals surface area contributed by atoms with Gasteiger partial charge in [-0.3, -0.25) is 10.2 Å². The number of benzene rings is 2. The van der Waals surface area contributed by atoms with Crippen LogP contribution in [0.1, 0.15) is 49.9 Å². The molecule has 2 atom stereocenters. The molecule has 0 spiro atoms. The Morgan fingerprint density at radius 1 is 1.14 bits per heavy atom. The van der Waals surface area contributed by atoms with Crippen LogP contribution in [-0.4, -0.2) is 63.6 Å². The Bertz CT molecular complexity index is 979. The van der Waals surface area contributed by atoms with Gasteiger partial charge in [0.25, 0.3) is 0 Å². The number of nitrogens with two attached hydrogens (primary N) is 1. The average Bonchev–Trinajstić information content (AvgIpc) is 3.17. The lowest BCUT2D eigenvalue weighted by molar-refractivity contribution is 0.0358. The standard InChI is InChI=1S/C27H38N4O4/c1-3-14-35-27(32)29-21-8-5-7-20(18-21)26-25(28)23-10-9-22(19-24(23)31(26)4-2)34-15-6-11-30-12-16-33-17-13-30/h5,7-10,18-19,25-26H,3-4,6,11-17,28H2,1-2H3,(H,29,32). The number of likely N-dealkylation sites (N-methyl/N-ethyl adjacent to an activating group) is 1. The van der Waals surface area contributed by atoms with Crippen LogP contribution in [0.4, 0.5) is 16.2 Å². The summed E-state index contributed by atoms with van der Waals surface area (Å²) in [6, 6.07) is 13.9. The first-order chi connectivity index (χ1) is 17.1. The molecule has 35 heavy (non-hydrogen) atoms. The Kier molecular flexibility index (Phi) is 8.84. The highest BCUT2D eigenvalue weighted by atomic mass is 16.5. The van der Waals surface area contributed by atoms with Crippen LogP contribution in [0.2, 0.25) is 0 Å². The third-order valence-corrected chi connectivity index (χ3v) is 6.59. The molecule has 1 fully saturated rings. The molecule has 2 aromatic carbocycles. The van der Waals surface area contributed by atoms with Crippen molar-refractivity contribution in [3.8, 4) is 5.75 Å². The number of ether oxygens (including phenoxy) is 3. The van der Waals surface area contributed by atoms with Crippen LogP contribution >= 0.6 is 0 Å². The van der Waals surface area contributed by atoms with E-state index in [0.717, 1.165) is 74.8 Å². The molecule has 2 aromatic rings. The lowest BCUT2D eigenvalue weighted by Crippen LogP contribution is -2.37. The van der Waals surface area contributed by atoms with Crippen molar-refractivity contribution in [3.05, 3.63) is 53.6 Å². The fourth-order valence-corrected chi connectivity index (χ4v) is 4.86. The van der Waals surface area contributed by atoms with Gasteiger partial charge in [-0.2, -0.15) is 0 Å². The summed E-state index contributed by atoms with van der Waals surface area (Å²) < 4.78 is 16.7. The molecule has 2 aliphatic rings. The molecule has 4 rings (SSSR count). The summed E-state index contributed by atoms with van der Waals surface area (Å²) in [5, 5.41) is 2.82. The molecule has 190 valence electrons. The van der Waals surface area contributed by atoms with Gasteiger partial charge in [-0.25, -0.2) is 4.79 Å². The number of fused-ring (bicyclic) bond motifs is 1. The lowest BCUT2D eigenvalue weighted by Gasteiger charge is -2.29. The van der Waals surface area contributed by atoms with Crippen LogP contribution < -0.4 is 20.7 Å². The number of nitrogens with one attached hydrogen (secondary N) is 1. The highest BCUT2D eigenvalue weighted by molar-refractivity contribution is 5.84. The summed E-state index contributed by atoms with van der Waals surface area (Å²) in [5.74, 6) is 0.867. The molecule has 0 aliphatic carbocycles. The number of hydrogen-bond donors (Lipinski definition) is 2. The Balaban J connectivity index is 1.41. The van der Waals surface area contributed by atoms with Crippen molar-refractivity contribution in [2.45, 2.75) is 38.8 Å². The van der Waals surface area contributed by atoms with Crippen LogP contribution in [0.3, 0.4) is 0 Å². The van der Waals surface area contributed by atoms with E-state index in [1.165, 1.54) is 0 Å². The smallest absolute Gasteiger partial charge is 0.411 e. The van der Waals surface area contributed by atoms with Gasteiger partial charge < -0.3 is 24.8 Å². The Hall–Kier alpha value is -2.81. The van der Waals surface area contributed by atoms with Gasteiger partial charge in [-0.05, 0) is 49.1 Å². The molecule has 3 N–H and O–H groups in total. The molecule has 8 nitrogen and oxygen atoms in total. The van der Waals surface area contributed by atoms with E-state index in [0.29, 0.717) is 18.9 Å². The fourth-order valence-electron chi connectivity index (χ4n) is 4.86. The average molecular weight is 483 g/mol. The van der Waals surface area contributed by atoms with E-state index in [1.807, 2.05) is 31.2 Å². The van der Waals surface area contributed by atoms with Gasteiger partial charge in [-0.15, -0.1) is 0 Å². The summed E-state index contributed by atoms with van der Waals surface area (Å²) in [7, 11) is 0. The monoisotopic (exact) mass is 482 g/mol. The summed E-state index contributed by atoms with van der Waals surface area (Å²) >= 11 is 0. The maximum Gasteiger partial charge on any atom is 0.411 e. The van der Waals surface area contributed by atoms with Gasteiger partial charge in [0.2, 0.25) is 0 Å². The van der Waals surface area contributed by atoms with E-state index in [-0.39, 0.29) is 12.1 Å². The second-order valence-electron chi connectivity index (χ2n) is 9.02. The van der Waals surface area contributed by atoms with E-state index in [2.05, 4.69) is 40.2 Å². The summed E-state index contributed by atoms with van der Waals surface area (Å²) in [5.41, 5.74) is 10.7. The summed E-state index contributed by atoms with van der Waals surface area (Å²) in [4.78, 5) is 16.7. The normalized spacial score (nSPS) is 19.9. The van der Waals surface area contributed by atoms with Gasteiger partial charge in [0, 0.05) is 43.6 Å². The second-order valence-corrected chi connectivity index (χ2v) is 9.02. The van der Waals surface area contributed by atoms with Crippen molar-refractivity contribution in [1.29, 1.82) is 0 Å². The maximum absolute atomic E-state index is 12.0.